The molecule has 0 bridgehead atoms. The second kappa shape index (κ2) is 8.42. The number of methoxy groups -OCH3 is 1. The molecular weight excluding hydrogens is 422 g/mol. The van der Waals surface area contributed by atoms with Crippen LogP contribution in [0.1, 0.15) is 6.92 Å². The maximum absolute atomic E-state index is 12.4. The number of sulfonamides is 1. The van der Waals surface area contributed by atoms with Gasteiger partial charge in [0.05, 0.1) is 23.6 Å². The first-order valence-electron chi connectivity index (χ1n) is 8.33. The van der Waals surface area contributed by atoms with E-state index in [1.165, 1.54) is 13.2 Å². The highest BCUT2D eigenvalue weighted by molar-refractivity contribution is 8.15. The average Bonchev–Trinajstić information content (AvgIpc) is 2.66. The predicted octanol–water partition coefficient (Wildman–Crippen LogP) is 3.61. The van der Waals surface area contributed by atoms with Crippen LogP contribution in [-0.4, -0.2) is 38.9 Å². The molecule has 0 unspecified atom stereocenters. The SMILES string of the molecule is CCN1C(SCC(=O)Nc2ccc(OC)c(Cl)c2)=NS(=O)(=O)c2ccccc21. The standard InChI is InChI=1S/C18H18ClN3O4S2/c1-3-22-14-6-4-5-7-16(14)28(24,25)21-18(22)27-11-17(23)20-12-8-9-15(26-2)13(19)10-12/h4-10H,3,11H2,1-2H3,(H,20,23). The highest BCUT2D eigenvalue weighted by Gasteiger charge is 2.30. The molecule has 148 valence electrons. The molecule has 1 aliphatic rings. The number of hydrogen-bond acceptors (Lipinski definition) is 6. The van der Waals surface area contributed by atoms with E-state index in [-0.39, 0.29) is 21.7 Å². The summed E-state index contributed by atoms with van der Waals surface area (Å²) in [5.41, 5.74) is 1.08. The van der Waals surface area contributed by atoms with Crippen LogP contribution >= 0.6 is 23.4 Å². The average molecular weight is 440 g/mol. The number of carbonyl (C=O) groups excluding carboxylic acids is 1. The quantitative estimate of drug-likeness (QED) is 0.765. The smallest absolute Gasteiger partial charge is 0.286 e. The molecule has 1 aliphatic heterocycles. The molecule has 1 heterocycles. The molecule has 2 aromatic carbocycles. The van der Waals surface area contributed by atoms with Crippen LogP contribution in [0.15, 0.2) is 51.8 Å². The molecule has 0 fully saturated rings. The number of nitrogens with one attached hydrogen (secondary N) is 1. The Morgan fingerprint density at radius 1 is 1.29 bits per heavy atom. The predicted molar refractivity (Wildman–Crippen MR) is 113 cm³/mol. The molecule has 3 rings (SSSR count). The molecule has 28 heavy (non-hydrogen) atoms. The Hall–Kier alpha value is -2.23. The monoisotopic (exact) mass is 439 g/mol. The molecule has 0 radical (unpaired) electrons. The number of rotatable bonds is 5. The topological polar surface area (TPSA) is 88.1 Å². The first-order valence-corrected chi connectivity index (χ1v) is 11.1. The van der Waals surface area contributed by atoms with Crippen LogP contribution in [0.2, 0.25) is 5.02 Å². The Kier molecular flexibility index (Phi) is 6.17. The van der Waals surface area contributed by atoms with Crippen molar-refractivity contribution < 1.29 is 17.9 Å². The van der Waals surface area contributed by atoms with Crippen molar-refractivity contribution in [3.63, 3.8) is 0 Å². The van der Waals surface area contributed by atoms with Gasteiger partial charge in [-0.15, -0.1) is 4.40 Å². The van der Waals surface area contributed by atoms with E-state index in [0.717, 1.165) is 11.8 Å². The van der Waals surface area contributed by atoms with Crippen molar-refractivity contribution >= 4 is 55.8 Å². The molecule has 0 spiro atoms. The van der Waals surface area contributed by atoms with Gasteiger partial charge in [0, 0.05) is 12.2 Å². The fourth-order valence-electron chi connectivity index (χ4n) is 2.68. The van der Waals surface area contributed by atoms with Gasteiger partial charge in [-0.3, -0.25) is 4.79 Å². The normalized spacial score (nSPS) is 14.8. The van der Waals surface area contributed by atoms with Crippen LogP contribution in [-0.2, 0) is 14.8 Å². The van der Waals surface area contributed by atoms with Gasteiger partial charge in [-0.1, -0.05) is 35.5 Å². The number of anilines is 2. The number of hydrogen-bond donors (Lipinski definition) is 1. The largest absolute Gasteiger partial charge is 0.495 e. The van der Waals surface area contributed by atoms with Crippen LogP contribution < -0.4 is 15.0 Å². The van der Waals surface area contributed by atoms with Gasteiger partial charge in [-0.2, -0.15) is 8.42 Å². The third-order valence-corrected chi connectivity index (χ3v) is 6.65. The third-order valence-electron chi connectivity index (χ3n) is 3.95. The number of ether oxygens (including phenoxy) is 1. The first kappa shape index (κ1) is 20.5. The van der Waals surface area contributed by atoms with Gasteiger partial charge in [0.1, 0.15) is 10.6 Å². The van der Waals surface area contributed by atoms with Crippen molar-refractivity contribution in [2.24, 2.45) is 4.40 Å². The molecule has 2 aromatic rings. The number of thioether (sulfide) groups is 1. The van der Waals surface area contributed by atoms with Crippen molar-refractivity contribution in [2.45, 2.75) is 11.8 Å². The second-order valence-corrected chi connectivity index (χ2v) is 8.67. The fraction of sp³-hybridized carbons (Fsp3) is 0.222. The van der Waals surface area contributed by atoms with E-state index in [1.807, 2.05) is 6.92 Å². The Balaban J connectivity index is 1.72. The highest BCUT2D eigenvalue weighted by atomic mass is 35.5. The summed E-state index contributed by atoms with van der Waals surface area (Å²) in [5, 5.41) is 3.37. The van der Waals surface area contributed by atoms with E-state index >= 15 is 0 Å². The number of nitrogens with zero attached hydrogens (tertiary/aromatic N) is 2. The van der Waals surface area contributed by atoms with Crippen molar-refractivity contribution in [3.8, 4) is 5.75 Å². The number of amidine groups is 1. The molecule has 7 nitrogen and oxygen atoms in total. The maximum atomic E-state index is 12.4. The highest BCUT2D eigenvalue weighted by Crippen LogP contribution is 2.34. The Labute approximate surface area is 172 Å². The van der Waals surface area contributed by atoms with E-state index in [0.29, 0.717) is 28.7 Å². The van der Waals surface area contributed by atoms with Gasteiger partial charge in [0.2, 0.25) is 5.91 Å². The molecule has 0 atom stereocenters. The van der Waals surface area contributed by atoms with Gasteiger partial charge in [-0.05, 0) is 37.3 Å². The van der Waals surface area contributed by atoms with Crippen LogP contribution in [0, 0.1) is 0 Å². The summed E-state index contributed by atoms with van der Waals surface area (Å²) in [4.78, 5) is 14.2. The second-order valence-electron chi connectivity index (χ2n) is 5.75. The van der Waals surface area contributed by atoms with E-state index < -0.39 is 10.0 Å². The summed E-state index contributed by atoms with van der Waals surface area (Å²) in [6.07, 6.45) is 0. The number of carbonyl (C=O) groups is 1. The summed E-state index contributed by atoms with van der Waals surface area (Å²) in [7, 11) is -2.29. The zero-order valence-electron chi connectivity index (χ0n) is 15.2. The Morgan fingerprint density at radius 3 is 2.71 bits per heavy atom. The summed E-state index contributed by atoms with van der Waals surface area (Å²) >= 11 is 7.12. The summed E-state index contributed by atoms with van der Waals surface area (Å²) in [6.45, 7) is 2.41. The minimum atomic E-state index is -3.79. The molecule has 0 saturated carbocycles. The zero-order chi connectivity index (χ0) is 20.3. The molecule has 0 saturated heterocycles. The minimum absolute atomic E-state index is 0.00331. The lowest BCUT2D eigenvalue weighted by Crippen LogP contribution is -2.34. The van der Waals surface area contributed by atoms with Crippen molar-refractivity contribution in [1.29, 1.82) is 0 Å². The number of amides is 1. The van der Waals surface area contributed by atoms with Crippen LogP contribution in [0.4, 0.5) is 11.4 Å². The number of fused-ring (bicyclic) bond motifs is 1. The first-order chi connectivity index (χ1) is 13.4. The minimum Gasteiger partial charge on any atom is -0.495 e. The van der Waals surface area contributed by atoms with Crippen molar-refractivity contribution in [3.05, 3.63) is 47.5 Å². The van der Waals surface area contributed by atoms with Gasteiger partial charge < -0.3 is 15.0 Å². The van der Waals surface area contributed by atoms with Crippen LogP contribution in [0.5, 0.6) is 5.75 Å². The van der Waals surface area contributed by atoms with Gasteiger partial charge >= 0.3 is 0 Å². The van der Waals surface area contributed by atoms with Crippen LogP contribution in [0.25, 0.3) is 0 Å². The van der Waals surface area contributed by atoms with E-state index in [9.17, 15) is 13.2 Å². The van der Waals surface area contributed by atoms with E-state index in [2.05, 4.69) is 9.71 Å². The molecule has 10 heteroatoms. The summed E-state index contributed by atoms with van der Waals surface area (Å²) in [6, 6.07) is 11.6. The van der Waals surface area contributed by atoms with E-state index in [4.69, 9.17) is 16.3 Å². The van der Waals surface area contributed by atoms with Gasteiger partial charge in [-0.25, -0.2) is 0 Å². The Morgan fingerprint density at radius 2 is 2.04 bits per heavy atom. The molecule has 0 aliphatic carbocycles. The van der Waals surface area contributed by atoms with Gasteiger partial charge in [0.25, 0.3) is 10.0 Å². The van der Waals surface area contributed by atoms with Gasteiger partial charge in [0.15, 0.2) is 5.17 Å². The molecule has 0 aromatic heterocycles. The molecule has 1 N–H and O–H groups in total. The fourth-order valence-corrected chi connectivity index (χ4v) is 5.26. The van der Waals surface area contributed by atoms with Crippen molar-refractivity contribution in [2.75, 3.05) is 29.6 Å². The third kappa shape index (κ3) is 4.26. The maximum Gasteiger partial charge on any atom is 0.286 e. The lowest BCUT2D eigenvalue weighted by Gasteiger charge is -2.29. The van der Waals surface area contributed by atoms with Crippen molar-refractivity contribution in [1.82, 2.24) is 0 Å². The van der Waals surface area contributed by atoms with E-state index in [1.54, 1.807) is 41.3 Å². The number of benzene rings is 2. The molecular formula is C18H18ClN3O4S2. The Bertz CT molecular complexity index is 1040. The lowest BCUT2D eigenvalue weighted by molar-refractivity contribution is -0.113. The van der Waals surface area contributed by atoms with Crippen LogP contribution in [0.3, 0.4) is 0 Å². The number of halogens is 1. The summed E-state index contributed by atoms with van der Waals surface area (Å²) in [5.74, 6) is 0.200. The lowest BCUT2D eigenvalue weighted by atomic mass is 10.3. The number of para-hydroxylation sites is 1. The zero-order valence-corrected chi connectivity index (χ0v) is 17.6. The summed E-state index contributed by atoms with van der Waals surface area (Å²) < 4.78 is 33.8. The molecule has 1 amide bonds.